The van der Waals surface area contributed by atoms with Gasteiger partial charge in [-0.25, -0.2) is 9.13 Å². The van der Waals surface area contributed by atoms with Gasteiger partial charge in [-0.05, 0) is 35.0 Å². The van der Waals surface area contributed by atoms with E-state index in [1.807, 2.05) is 12.1 Å². The zero-order valence-corrected chi connectivity index (χ0v) is 19.1. The number of nitrogens with zero attached hydrogens (tertiary/aromatic N) is 2. The van der Waals surface area contributed by atoms with Crippen molar-refractivity contribution in [1.82, 2.24) is 4.57 Å². The molecule has 0 aliphatic rings. The Morgan fingerprint density at radius 3 is 2.21 bits per heavy atom. The molecule has 0 saturated heterocycles. The Morgan fingerprint density at radius 1 is 0.758 bits per heavy atom. The maximum Gasteiger partial charge on any atom is 0.245 e. The van der Waals surface area contributed by atoms with E-state index in [1.54, 1.807) is 21.3 Å². The molecule has 0 N–H and O–H groups in total. The van der Waals surface area contributed by atoms with Crippen molar-refractivity contribution in [1.29, 1.82) is 0 Å². The molecule has 5 nitrogen and oxygen atoms in total. The fourth-order valence-electron chi connectivity index (χ4n) is 4.53. The Morgan fingerprint density at radius 2 is 1.45 bits per heavy atom. The van der Waals surface area contributed by atoms with Gasteiger partial charge in [0.25, 0.3) is 0 Å². The number of hydrogen-bond donors (Lipinski definition) is 0. The normalized spacial score (nSPS) is 11.1. The Bertz CT molecular complexity index is 1410. The molecule has 1 heterocycles. The first-order chi connectivity index (χ1) is 16.2. The fraction of sp³-hybridized carbons (Fsp3) is 0.179. The molecule has 4 aromatic carbocycles. The number of ether oxygens (including phenoxy) is 3. The summed E-state index contributed by atoms with van der Waals surface area (Å²) < 4.78 is 21.2. The standard InChI is InChI=1S/C28H27N2O3/c1-31-26-15-20(16-27(32-2)28(26)33-3)17-29-19-30(25-14-7-6-13-24(25)29)18-22-11-8-10-21-9-4-5-12-23(21)22/h4-16,19H,17-18H2,1-3H3/q+1. The van der Waals surface area contributed by atoms with Gasteiger partial charge in [0, 0.05) is 11.1 Å². The largest absolute Gasteiger partial charge is 0.493 e. The Kier molecular flexibility index (Phi) is 5.61. The molecule has 33 heavy (non-hydrogen) atoms. The SMILES string of the molecule is COc1cc(C[n+]2cn(Cc3cccc4ccccc34)c3ccccc32)cc(OC)c1OC. The van der Waals surface area contributed by atoms with E-state index in [9.17, 15) is 0 Å². The van der Waals surface area contributed by atoms with E-state index < -0.39 is 0 Å². The first kappa shape index (κ1) is 20.9. The number of methoxy groups -OCH3 is 3. The van der Waals surface area contributed by atoms with Gasteiger partial charge >= 0.3 is 0 Å². The monoisotopic (exact) mass is 439 g/mol. The van der Waals surface area contributed by atoms with Gasteiger partial charge in [0.2, 0.25) is 12.1 Å². The van der Waals surface area contributed by atoms with Crippen molar-refractivity contribution in [2.75, 3.05) is 21.3 Å². The summed E-state index contributed by atoms with van der Waals surface area (Å²) in [5, 5.41) is 2.55. The van der Waals surface area contributed by atoms with E-state index in [0.717, 1.165) is 12.1 Å². The maximum absolute atomic E-state index is 5.55. The second kappa shape index (κ2) is 8.87. The molecule has 1 aromatic heterocycles. The summed E-state index contributed by atoms with van der Waals surface area (Å²) in [6, 6.07) is 27.6. The van der Waals surface area contributed by atoms with Crippen LogP contribution in [0.25, 0.3) is 21.8 Å². The van der Waals surface area contributed by atoms with E-state index in [1.165, 1.54) is 27.4 Å². The highest BCUT2D eigenvalue weighted by atomic mass is 16.5. The summed E-state index contributed by atoms with van der Waals surface area (Å²) in [5.41, 5.74) is 4.74. The van der Waals surface area contributed by atoms with Gasteiger partial charge in [0.15, 0.2) is 22.5 Å². The average molecular weight is 440 g/mol. The number of hydrogen-bond acceptors (Lipinski definition) is 3. The smallest absolute Gasteiger partial charge is 0.245 e. The lowest BCUT2D eigenvalue weighted by Gasteiger charge is -2.13. The molecule has 5 heteroatoms. The zero-order valence-electron chi connectivity index (χ0n) is 19.1. The van der Waals surface area contributed by atoms with Crippen molar-refractivity contribution in [2.24, 2.45) is 0 Å². The fourth-order valence-corrected chi connectivity index (χ4v) is 4.53. The maximum atomic E-state index is 5.55. The zero-order chi connectivity index (χ0) is 22.8. The molecular weight excluding hydrogens is 412 g/mol. The van der Waals surface area contributed by atoms with E-state index in [-0.39, 0.29) is 0 Å². The lowest BCUT2D eigenvalue weighted by molar-refractivity contribution is -0.663. The van der Waals surface area contributed by atoms with Crippen molar-refractivity contribution in [3.8, 4) is 17.2 Å². The highest BCUT2D eigenvalue weighted by Gasteiger charge is 2.19. The molecule has 5 aromatic rings. The summed E-state index contributed by atoms with van der Waals surface area (Å²) in [4.78, 5) is 0. The summed E-state index contributed by atoms with van der Waals surface area (Å²) in [7, 11) is 4.91. The molecule has 0 atom stereocenters. The molecular formula is C28H27N2O3+. The molecule has 0 aliphatic heterocycles. The number of benzene rings is 4. The quantitative estimate of drug-likeness (QED) is 0.327. The van der Waals surface area contributed by atoms with Crippen LogP contribution in [0.15, 0.2) is 85.2 Å². The number of fused-ring (bicyclic) bond motifs is 2. The Balaban J connectivity index is 1.56. The number of rotatable bonds is 7. The number of imidazole rings is 1. The molecule has 0 spiro atoms. The van der Waals surface area contributed by atoms with Crippen LogP contribution < -0.4 is 18.8 Å². The van der Waals surface area contributed by atoms with Crippen LogP contribution in [-0.2, 0) is 13.1 Å². The minimum absolute atomic E-state index is 0.604. The molecule has 0 radical (unpaired) electrons. The molecule has 166 valence electrons. The van der Waals surface area contributed by atoms with Crippen molar-refractivity contribution in [3.05, 3.63) is 96.3 Å². The first-order valence-electron chi connectivity index (χ1n) is 10.9. The Labute approximate surface area is 193 Å². The van der Waals surface area contributed by atoms with Gasteiger partial charge in [-0.15, -0.1) is 0 Å². The van der Waals surface area contributed by atoms with Crippen LogP contribution in [-0.4, -0.2) is 25.9 Å². The number of aromatic nitrogens is 2. The van der Waals surface area contributed by atoms with Gasteiger partial charge in [0.05, 0.1) is 21.3 Å². The van der Waals surface area contributed by atoms with Crippen LogP contribution in [0, 0.1) is 0 Å². The summed E-state index contributed by atoms with van der Waals surface area (Å²) in [5.74, 6) is 1.92. The highest BCUT2D eigenvalue weighted by Crippen LogP contribution is 2.38. The van der Waals surface area contributed by atoms with Gasteiger partial charge in [-0.3, -0.25) is 0 Å². The molecule has 0 fully saturated rings. The molecule has 5 rings (SSSR count). The van der Waals surface area contributed by atoms with Crippen LogP contribution in [0.4, 0.5) is 0 Å². The van der Waals surface area contributed by atoms with Gasteiger partial charge in [0.1, 0.15) is 13.1 Å². The van der Waals surface area contributed by atoms with Crippen LogP contribution in [0.1, 0.15) is 11.1 Å². The topological polar surface area (TPSA) is 36.5 Å². The van der Waals surface area contributed by atoms with E-state index in [4.69, 9.17) is 14.2 Å². The van der Waals surface area contributed by atoms with E-state index in [2.05, 4.69) is 82.2 Å². The molecule has 0 amide bonds. The third-order valence-electron chi connectivity index (χ3n) is 6.08. The van der Waals surface area contributed by atoms with Crippen LogP contribution in [0.5, 0.6) is 17.2 Å². The van der Waals surface area contributed by atoms with Crippen molar-refractivity contribution in [2.45, 2.75) is 13.1 Å². The average Bonchev–Trinajstić information content (AvgIpc) is 3.20. The molecule has 0 unspecified atom stereocenters. The van der Waals surface area contributed by atoms with Crippen LogP contribution in [0.3, 0.4) is 0 Å². The van der Waals surface area contributed by atoms with Crippen molar-refractivity contribution in [3.63, 3.8) is 0 Å². The van der Waals surface area contributed by atoms with Crippen LogP contribution in [0.2, 0.25) is 0 Å². The molecule has 0 aliphatic carbocycles. The summed E-state index contributed by atoms with van der Waals surface area (Å²) >= 11 is 0. The minimum atomic E-state index is 0.604. The Hall–Kier alpha value is -3.99. The van der Waals surface area contributed by atoms with Gasteiger partial charge in [-0.2, -0.15) is 0 Å². The predicted octanol–water partition coefficient (Wildman–Crippen LogP) is 5.20. The second-order valence-electron chi connectivity index (χ2n) is 8.03. The molecule has 0 saturated carbocycles. The van der Waals surface area contributed by atoms with Gasteiger partial charge in [-0.1, -0.05) is 54.6 Å². The van der Waals surface area contributed by atoms with E-state index >= 15 is 0 Å². The third-order valence-corrected chi connectivity index (χ3v) is 6.08. The molecule has 0 bridgehead atoms. The van der Waals surface area contributed by atoms with Crippen molar-refractivity contribution < 1.29 is 18.8 Å². The predicted molar refractivity (Wildman–Crippen MR) is 130 cm³/mol. The second-order valence-corrected chi connectivity index (χ2v) is 8.03. The van der Waals surface area contributed by atoms with E-state index in [0.29, 0.717) is 23.8 Å². The lowest BCUT2D eigenvalue weighted by atomic mass is 10.0. The summed E-state index contributed by atoms with van der Waals surface area (Å²) in [6.07, 6.45) is 2.19. The minimum Gasteiger partial charge on any atom is -0.493 e. The van der Waals surface area contributed by atoms with Crippen LogP contribution >= 0.6 is 0 Å². The number of para-hydroxylation sites is 2. The third kappa shape index (κ3) is 3.87. The summed E-state index contributed by atoms with van der Waals surface area (Å²) in [6.45, 7) is 1.48. The lowest BCUT2D eigenvalue weighted by Crippen LogP contribution is -2.32. The van der Waals surface area contributed by atoms with Crippen molar-refractivity contribution >= 4 is 21.8 Å². The first-order valence-corrected chi connectivity index (χ1v) is 10.9. The van der Waals surface area contributed by atoms with Gasteiger partial charge < -0.3 is 14.2 Å². The highest BCUT2D eigenvalue weighted by molar-refractivity contribution is 5.85.